The van der Waals surface area contributed by atoms with Gasteiger partial charge in [-0.2, -0.15) is 0 Å². The molecule has 1 aromatic rings. The molecule has 0 radical (unpaired) electrons. The van der Waals surface area contributed by atoms with Crippen LogP contribution in [0.1, 0.15) is 43.2 Å². The summed E-state index contributed by atoms with van der Waals surface area (Å²) < 4.78 is 25.0. The Balaban J connectivity index is 1.76. The number of amides is 1. The summed E-state index contributed by atoms with van der Waals surface area (Å²) in [4.78, 5) is 19.4. The molecule has 2 aliphatic rings. The molecule has 122 valence electrons. The van der Waals surface area contributed by atoms with Crippen LogP contribution in [0.2, 0.25) is 0 Å². The molecule has 1 amide bonds. The highest BCUT2D eigenvalue weighted by atomic mass is 32.2. The van der Waals surface area contributed by atoms with Gasteiger partial charge in [0.25, 0.3) is 0 Å². The maximum Gasteiger partial charge on any atom is 0.238 e. The van der Waals surface area contributed by atoms with Crippen LogP contribution >= 0.6 is 11.3 Å². The van der Waals surface area contributed by atoms with Gasteiger partial charge in [0, 0.05) is 17.0 Å². The summed E-state index contributed by atoms with van der Waals surface area (Å²) in [6.45, 7) is 5.69. The maximum atomic E-state index is 12.6. The minimum Gasteiger partial charge on any atom is -0.336 e. The van der Waals surface area contributed by atoms with Crippen LogP contribution in [0.15, 0.2) is 4.34 Å². The zero-order valence-electron chi connectivity index (χ0n) is 13.2. The molecule has 1 atom stereocenters. The molecule has 2 fully saturated rings. The third-order valence-electron chi connectivity index (χ3n) is 4.56. The van der Waals surface area contributed by atoms with E-state index in [0.717, 1.165) is 47.6 Å². The van der Waals surface area contributed by atoms with Gasteiger partial charge in [-0.15, -0.1) is 11.3 Å². The smallest absolute Gasteiger partial charge is 0.238 e. The van der Waals surface area contributed by atoms with Crippen molar-refractivity contribution >= 4 is 27.1 Å². The van der Waals surface area contributed by atoms with Gasteiger partial charge in [-0.3, -0.25) is 4.79 Å². The fraction of sp³-hybridized carbons (Fsp3) is 0.733. The van der Waals surface area contributed by atoms with Crippen LogP contribution < -0.4 is 0 Å². The van der Waals surface area contributed by atoms with E-state index in [4.69, 9.17) is 0 Å². The molecule has 1 heterocycles. The number of sulfone groups is 1. The van der Waals surface area contributed by atoms with E-state index in [1.165, 1.54) is 0 Å². The van der Waals surface area contributed by atoms with Crippen LogP contribution in [0.3, 0.4) is 0 Å². The zero-order valence-corrected chi connectivity index (χ0v) is 14.8. The molecular formula is C15H22N2O3S2. The predicted octanol–water partition coefficient (Wildman–Crippen LogP) is 2.32. The van der Waals surface area contributed by atoms with Gasteiger partial charge in [0.05, 0.1) is 5.69 Å². The standard InChI is InChI=1S/C15H22N2O3S2/c1-9-11(3)21-15(16-9)22(19,20)8-14(18)17(13-6-7-13)10(2)12-4-5-12/h10,12-13H,4-8H2,1-3H3/t10-/m1/s1. The number of aromatic nitrogens is 1. The van der Waals surface area contributed by atoms with Crippen molar-refractivity contribution in [2.75, 3.05) is 5.75 Å². The van der Waals surface area contributed by atoms with Crippen LogP contribution in [0, 0.1) is 19.8 Å². The van der Waals surface area contributed by atoms with Crippen molar-refractivity contribution in [3.05, 3.63) is 10.6 Å². The fourth-order valence-electron chi connectivity index (χ4n) is 2.80. The Morgan fingerprint density at radius 1 is 1.32 bits per heavy atom. The maximum absolute atomic E-state index is 12.6. The van der Waals surface area contributed by atoms with Crippen molar-refractivity contribution in [3.8, 4) is 0 Å². The van der Waals surface area contributed by atoms with E-state index in [9.17, 15) is 13.2 Å². The van der Waals surface area contributed by atoms with Crippen LogP contribution in [0.4, 0.5) is 0 Å². The molecule has 0 N–H and O–H groups in total. The number of carbonyl (C=O) groups excluding carboxylic acids is 1. The van der Waals surface area contributed by atoms with Crippen molar-refractivity contribution in [2.24, 2.45) is 5.92 Å². The molecular weight excluding hydrogens is 320 g/mol. The highest BCUT2D eigenvalue weighted by molar-refractivity contribution is 7.94. The average Bonchev–Trinajstić information content (AvgIpc) is 3.31. The predicted molar refractivity (Wildman–Crippen MR) is 85.7 cm³/mol. The largest absolute Gasteiger partial charge is 0.336 e. The van der Waals surface area contributed by atoms with Crippen molar-refractivity contribution < 1.29 is 13.2 Å². The average molecular weight is 342 g/mol. The minimum absolute atomic E-state index is 0.0747. The Morgan fingerprint density at radius 2 is 1.95 bits per heavy atom. The molecule has 2 aliphatic carbocycles. The van der Waals surface area contributed by atoms with Gasteiger partial charge < -0.3 is 4.90 Å². The second-order valence-electron chi connectivity index (χ2n) is 6.49. The van der Waals surface area contributed by atoms with E-state index in [1.54, 1.807) is 6.92 Å². The lowest BCUT2D eigenvalue weighted by Crippen LogP contribution is -2.44. The van der Waals surface area contributed by atoms with Gasteiger partial charge in [-0.05, 0) is 52.4 Å². The first-order valence-corrected chi connectivity index (χ1v) is 10.2. The number of aryl methyl sites for hydroxylation is 2. The number of nitrogens with zero attached hydrogens (tertiary/aromatic N) is 2. The van der Waals surface area contributed by atoms with Gasteiger partial charge in [0.15, 0.2) is 0 Å². The normalized spacial score (nSPS) is 20.0. The lowest BCUT2D eigenvalue weighted by Gasteiger charge is -2.29. The molecule has 0 aromatic carbocycles. The van der Waals surface area contributed by atoms with Gasteiger partial charge in [0.2, 0.25) is 20.1 Å². The summed E-state index contributed by atoms with van der Waals surface area (Å²) in [5.74, 6) is -0.156. The van der Waals surface area contributed by atoms with Gasteiger partial charge >= 0.3 is 0 Å². The van der Waals surface area contributed by atoms with E-state index < -0.39 is 15.6 Å². The van der Waals surface area contributed by atoms with E-state index in [-0.39, 0.29) is 22.3 Å². The topological polar surface area (TPSA) is 67.3 Å². The first-order valence-electron chi connectivity index (χ1n) is 7.77. The van der Waals surface area contributed by atoms with Crippen LogP contribution in [0.25, 0.3) is 0 Å². The molecule has 22 heavy (non-hydrogen) atoms. The fourth-order valence-corrected chi connectivity index (χ4v) is 5.37. The molecule has 2 saturated carbocycles. The molecule has 0 unspecified atom stereocenters. The Hall–Kier alpha value is -0.950. The van der Waals surface area contributed by atoms with Gasteiger partial charge in [0.1, 0.15) is 5.75 Å². The van der Waals surface area contributed by atoms with E-state index in [0.29, 0.717) is 5.92 Å². The molecule has 0 aliphatic heterocycles. The first-order chi connectivity index (χ1) is 10.3. The SMILES string of the molecule is Cc1nc(S(=O)(=O)CC(=O)N(C2CC2)[C@H](C)C2CC2)sc1C. The number of hydrogen-bond donors (Lipinski definition) is 0. The monoisotopic (exact) mass is 342 g/mol. The van der Waals surface area contributed by atoms with Crippen molar-refractivity contribution in [2.45, 2.75) is 62.9 Å². The Morgan fingerprint density at radius 3 is 2.41 bits per heavy atom. The van der Waals surface area contributed by atoms with Crippen LogP contribution in [-0.2, 0) is 14.6 Å². The van der Waals surface area contributed by atoms with E-state index in [1.807, 2.05) is 11.8 Å². The number of thiazole rings is 1. The zero-order chi connectivity index (χ0) is 16.1. The summed E-state index contributed by atoms with van der Waals surface area (Å²) in [5.41, 5.74) is 0.724. The summed E-state index contributed by atoms with van der Waals surface area (Å²) in [6, 6.07) is 0.410. The Kier molecular flexibility index (Phi) is 4.05. The summed E-state index contributed by atoms with van der Waals surface area (Å²) in [6.07, 6.45) is 4.29. The first kappa shape index (κ1) is 15.9. The van der Waals surface area contributed by atoms with Crippen LogP contribution in [-0.4, -0.2) is 42.0 Å². The third-order valence-corrected chi connectivity index (χ3v) is 7.69. The highest BCUT2D eigenvalue weighted by Crippen LogP contribution is 2.40. The second-order valence-corrected chi connectivity index (χ2v) is 9.86. The highest BCUT2D eigenvalue weighted by Gasteiger charge is 2.42. The molecule has 3 rings (SSSR count). The molecule has 1 aromatic heterocycles. The minimum atomic E-state index is -3.63. The number of rotatable bonds is 6. The van der Waals surface area contributed by atoms with Crippen molar-refractivity contribution in [3.63, 3.8) is 0 Å². The lowest BCUT2D eigenvalue weighted by atomic mass is 10.2. The van der Waals surface area contributed by atoms with Gasteiger partial charge in [-0.25, -0.2) is 13.4 Å². The van der Waals surface area contributed by atoms with Gasteiger partial charge in [-0.1, -0.05) is 0 Å². The summed E-state index contributed by atoms with van der Waals surface area (Å²) in [5, 5.41) is 0. The Labute approximate surface area is 135 Å². The van der Waals surface area contributed by atoms with Crippen molar-refractivity contribution in [1.29, 1.82) is 0 Å². The quantitative estimate of drug-likeness (QED) is 0.796. The van der Waals surface area contributed by atoms with E-state index in [2.05, 4.69) is 11.9 Å². The molecule has 5 nitrogen and oxygen atoms in total. The van der Waals surface area contributed by atoms with Crippen LogP contribution in [0.5, 0.6) is 0 Å². The summed E-state index contributed by atoms with van der Waals surface area (Å²) >= 11 is 1.16. The van der Waals surface area contributed by atoms with E-state index >= 15 is 0 Å². The molecule has 7 heteroatoms. The Bertz CT molecular complexity index is 668. The number of carbonyl (C=O) groups is 1. The summed E-state index contributed by atoms with van der Waals surface area (Å²) in [7, 11) is -3.63. The molecule has 0 saturated heterocycles. The van der Waals surface area contributed by atoms with Crippen molar-refractivity contribution in [1.82, 2.24) is 9.88 Å². The number of hydrogen-bond acceptors (Lipinski definition) is 5. The second kappa shape index (κ2) is 5.60. The third kappa shape index (κ3) is 3.20. The lowest BCUT2D eigenvalue weighted by molar-refractivity contribution is -0.131. The molecule has 0 bridgehead atoms. The molecule has 0 spiro atoms.